The molecule has 0 fully saturated rings. The van der Waals surface area contributed by atoms with Crippen LogP contribution in [0.2, 0.25) is 0 Å². The minimum Gasteiger partial charge on any atom is -0.490 e. The highest BCUT2D eigenvalue weighted by Crippen LogP contribution is 2.18. The number of halogens is 1. The van der Waals surface area contributed by atoms with Crippen LogP contribution >= 0.6 is 0 Å². The molecule has 0 heterocycles. The van der Waals surface area contributed by atoms with Crippen LogP contribution in [-0.4, -0.2) is 23.4 Å². The molecule has 1 atom stereocenters. The molecule has 0 aliphatic carbocycles. The molecule has 1 unspecified atom stereocenters. The van der Waals surface area contributed by atoms with Crippen molar-refractivity contribution in [2.24, 2.45) is 5.92 Å². The first-order valence-corrected chi connectivity index (χ1v) is 4.80. The van der Waals surface area contributed by atoms with Gasteiger partial charge in [-0.05, 0) is 17.7 Å². The normalized spacial score (nSPS) is 12.5. The van der Waals surface area contributed by atoms with E-state index in [0.29, 0.717) is 5.56 Å². The number of hydrogen-bond donors (Lipinski definition) is 2. The molecule has 0 aliphatic heterocycles. The third-order valence-electron chi connectivity index (χ3n) is 2.01. The SMILES string of the molecule is CC(CO)COc1ccc(CO)cc1F. The molecule has 0 spiro atoms. The van der Waals surface area contributed by atoms with Gasteiger partial charge in [0.1, 0.15) is 0 Å². The van der Waals surface area contributed by atoms with Crippen LogP contribution in [0.1, 0.15) is 12.5 Å². The highest BCUT2D eigenvalue weighted by molar-refractivity contribution is 5.28. The summed E-state index contributed by atoms with van der Waals surface area (Å²) in [6.07, 6.45) is 0. The summed E-state index contributed by atoms with van der Waals surface area (Å²) in [6, 6.07) is 4.31. The van der Waals surface area contributed by atoms with Crippen molar-refractivity contribution >= 4 is 0 Å². The van der Waals surface area contributed by atoms with E-state index in [2.05, 4.69) is 0 Å². The maximum atomic E-state index is 13.3. The molecule has 0 saturated carbocycles. The molecule has 2 N–H and O–H groups in total. The maximum absolute atomic E-state index is 13.3. The summed E-state index contributed by atoms with van der Waals surface area (Å²) in [5.74, 6) is -0.374. The van der Waals surface area contributed by atoms with Gasteiger partial charge in [-0.3, -0.25) is 0 Å². The van der Waals surface area contributed by atoms with Crippen molar-refractivity contribution in [3.05, 3.63) is 29.6 Å². The first-order chi connectivity index (χ1) is 7.17. The van der Waals surface area contributed by atoms with Gasteiger partial charge in [0.15, 0.2) is 11.6 Å². The third-order valence-corrected chi connectivity index (χ3v) is 2.01. The molecular formula is C11H15FO3. The lowest BCUT2D eigenvalue weighted by Gasteiger charge is -2.11. The Bertz CT molecular complexity index is 315. The number of hydrogen-bond acceptors (Lipinski definition) is 3. The standard InChI is InChI=1S/C11H15FO3/c1-8(5-13)7-15-11-3-2-9(6-14)4-10(11)12/h2-4,8,13-14H,5-7H2,1H3. The Hall–Kier alpha value is -1.13. The topological polar surface area (TPSA) is 49.7 Å². The Morgan fingerprint density at radius 3 is 2.67 bits per heavy atom. The molecule has 0 radical (unpaired) electrons. The summed E-state index contributed by atoms with van der Waals surface area (Å²) < 4.78 is 18.5. The number of benzene rings is 1. The highest BCUT2D eigenvalue weighted by Gasteiger charge is 2.06. The number of aliphatic hydroxyl groups is 2. The predicted molar refractivity (Wildman–Crippen MR) is 54.1 cm³/mol. The summed E-state index contributed by atoms with van der Waals surface area (Å²) in [5, 5.41) is 17.5. The predicted octanol–water partition coefficient (Wildman–Crippen LogP) is 1.33. The van der Waals surface area contributed by atoms with E-state index in [1.807, 2.05) is 0 Å². The first-order valence-electron chi connectivity index (χ1n) is 4.80. The lowest BCUT2D eigenvalue weighted by Crippen LogP contribution is -2.12. The average molecular weight is 214 g/mol. The number of ether oxygens (including phenoxy) is 1. The van der Waals surface area contributed by atoms with Crippen molar-refractivity contribution < 1.29 is 19.3 Å². The summed E-state index contributed by atoms with van der Waals surface area (Å²) in [5.41, 5.74) is 0.509. The van der Waals surface area contributed by atoms with Gasteiger partial charge in [0.2, 0.25) is 0 Å². The van der Waals surface area contributed by atoms with Crippen LogP contribution in [0.25, 0.3) is 0 Å². The van der Waals surface area contributed by atoms with Crippen LogP contribution in [0.5, 0.6) is 5.75 Å². The van der Waals surface area contributed by atoms with Crippen LogP contribution in [0.15, 0.2) is 18.2 Å². The van der Waals surface area contributed by atoms with Gasteiger partial charge in [-0.15, -0.1) is 0 Å². The van der Waals surface area contributed by atoms with Crippen molar-refractivity contribution in [2.75, 3.05) is 13.2 Å². The quantitative estimate of drug-likeness (QED) is 0.777. The molecule has 3 nitrogen and oxygen atoms in total. The highest BCUT2D eigenvalue weighted by atomic mass is 19.1. The Balaban J connectivity index is 2.62. The summed E-state index contributed by atoms with van der Waals surface area (Å²) in [7, 11) is 0. The fraction of sp³-hybridized carbons (Fsp3) is 0.455. The van der Waals surface area contributed by atoms with Crippen LogP contribution in [0.4, 0.5) is 4.39 Å². The molecule has 0 bridgehead atoms. The monoisotopic (exact) mass is 214 g/mol. The van der Waals surface area contributed by atoms with Gasteiger partial charge in [0.05, 0.1) is 13.2 Å². The zero-order valence-electron chi connectivity index (χ0n) is 8.61. The van der Waals surface area contributed by atoms with E-state index in [9.17, 15) is 4.39 Å². The van der Waals surface area contributed by atoms with Gasteiger partial charge in [-0.1, -0.05) is 13.0 Å². The Labute approximate surface area is 88.1 Å². The smallest absolute Gasteiger partial charge is 0.165 e. The minimum atomic E-state index is -0.494. The van der Waals surface area contributed by atoms with Gasteiger partial charge < -0.3 is 14.9 Å². The molecule has 0 amide bonds. The van der Waals surface area contributed by atoms with Gasteiger partial charge in [-0.2, -0.15) is 0 Å². The first kappa shape index (κ1) is 11.9. The van der Waals surface area contributed by atoms with Crippen molar-refractivity contribution in [3.8, 4) is 5.75 Å². The van der Waals surface area contributed by atoms with E-state index in [-0.39, 0.29) is 31.5 Å². The van der Waals surface area contributed by atoms with E-state index < -0.39 is 5.82 Å². The Morgan fingerprint density at radius 1 is 1.40 bits per heavy atom. The molecule has 1 rings (SSSR count). The molecule has 84 valence electrons. The van der Waals surface area contributed by atoms with Crippen LogP contribution in [-0.2, 0) is 6.61 Å². The zero-order chi connectivity index (χ0) is 11.3. The maximum Gasteiger partial charge on any atom is 0.165 e. The second kappa shape index (κ2) is 5.68. The lowest BCUT2D eigenvalue weighted by atomic mass is 10.2. The van der Waals surface area contributed by atoms with Crippen molar-refractivity contribution in [1.29, 1.82) is 0 Å². The largest absolute Gasteiger partial charge is 0.490 e. The molecule has 0 aromatic heterocycles. The van der Waals surface area contributed by atoms with Crippen molar-refractivity contribution in [2.45, 2.75) is 13.5 Å². The molecule has 1 aromatic carbocycles. The van der Waals surface area contributed by atoms with Gasteiger partial charge >= 0.3 is 0 Å². The van der Waals surface area contributed by atoms with E-state index in [1.165, 1.54) is 12.1 Å². The Morgan fingerprint density at radius 2 is 2.13 bits per heavy atom. The second-order valence-electron chi connectivity index (χ2n) is 3.52. The van der Waals surface area contributed by atoms with Gasteiger partial charge in [0, 0.05) is 12.5 Å². The fourth-order valence-corrected chi connectivity index (χ4v) is 1.04. The van der Waals surface area contributed by atoms with Crippen LogP contribution < -0.4 is 4.74 Å². The van der Waals surface area contributed by atoms with Gasteiger partial charge in [0.25, 0.3) is 0 Å². The third kappa shape index (κ3) is 3.49. The second-order valence-corrected chi connectivity index (χ2v) is 3.52. The van der Waals surface area contributed by atoms with E-state index in [0.717, 1.165) is 0 Å². The van der Waals surface area contributed by atoms with Crippen LogP contribution in [0, 0.1) is 11.7 Å². The van der Waals surface area contributed by atoms with Crippen molar-refractivity contribution in [1.82, 2.24) is 0 Å². The van der Waals surface area contributed by atoms with Crippen LogP contribution in [0.3, 0.4) is 0 Å². The van der Waals surface area contributed by atoms with E-state index >= 15 is 0 Å². The Kier molecular flexibility index (Phi) is 4.52. The molecule has 4 heteroatoms. The number of rotatable bonds is 5. The fourth-order valence-electron chi connectivity index (χ4n) is 1.04. The molecule has 0 aliphatic rings. The van der Waals surface area contributed by atoms with E-state index in [4.69, 9.17) is 14.9 Å². The lowest BCUT2D eigenvalue weighted by molar-refractivity contribution is 0.170. The molecular weight excluding hydrogens is 199 g/mol. The summed E-state index contributed by atoms with van der Waals surface area (Å²) in [4.78, 5) is 0. The molecule has 0 saturated heterocycles. The zero-order valence-corrected chi connectivity index (χ0v) is 8.61. The average Bonchev–Trinajstić information content (AvgIpc) is 2.26. The number of aliphatic hydroxyl groups excluding tert-OH is 2. The van der Waals surface area contributed by atoms with Crippen molar-refractivity contribution in [3.63, 3.8) is 0 Å². The molecule has 1 aromatic rings. The molecule has 15 heavy (non-hydrogen) atoms. The van der Waals surface area contributed by atoms with E-state index in [1.54, 1.807) is 13.0 Å². The summed E-state index contributed by atoms with van der Waals surface area (Å²) >= 11 is 0. The summed E-state index contributed by atoms with van der Waals surface area (Å²) in [6.45, 7) is 1.90. The van der Waals surface area contributed by atoms with Gasteiger partial charge in [-0.25, -0.2) is 4.39 Å². The minimum absolute atomic E-state index is 0.0103.